The van der Waals surface area contributed by atoms with Crippen molar-refractivity contribution < 1.29 is 8.42 Å². The molecule has 7 aromatic rings. The maximum absolute atomic E-state index is 12.5. The van der Waals surface area contributed by atoms with Gasteiger partial charge in [-0.2, -0.15) is 0 Å². The summed E-state index contributed by atoms with van der Waals surface area (Å²) in [5, 5.41) is 0. The fourth-order valence-electron chi connectivity index (χ4n) is 7.86. The van der Waals surface area contributed by atoms with Gasteiger partial charge in [0, 0.05) is 29.8 Å². The molecule has 2 aliphatic heterocycles. The minimum atomic E-state index is -3.43. The van der Waals surface area contributed by atoms with Gasteiger partial charge in [-0.1, -0.05) is 176 Å². The number of nitrogens with zero attached hydrogens (tertiary/aromatic N) is 1. The van der Waals surface area contributed by atoms with Crippen molar-refractivity contribution in [2.24, 2.45) is 16.8 Å². The van der Waals surface area contributed by atoms with Crippen molar-refractivity contribution in [2.45, 2.75) is 91.7 Å². The lowest BCUT2D eigenvalue weighted by atomic mass is 9.94. The van der Waals surface area contributed by atoms with E-state index in [1.165, 1.54) is 70.5 Å². The van der Waals surface area contributed by atoms with Gasteiger partial charge in [-0.25, -0.2) is 8.42 Å². The monoisotopic (exact) mass is 975 g/mol. The zero-order chi connectivity index (χ0) is 46.1. The lowest BCUT2D eigenvalue weighted by Gasteiger charge is -2.20. The van der Waals surface area contributed by atoms with E-state index in [0.29, 0.717) is 10.8 Å². The maximum Gasteiger partial charge on any atom is 0.198 e. The SMILES string of the molecule is C=C(c1ccc(CC(C)C)cc1)c1ccc2c(c1)Cc1ccccc1S2.CC(=NCS(=O)(=O)c1ccc(C)cc1)c1ccc2c(c1)Cc1ccccc1S2.CC(C)Cc1ccc(Br)cc1. The van der Waals surface area contributed by atoms with Gasteiger partial charge < -0.3 is 0 Å². The molecule has 0 radical (unpaired) electrons. The van der Waals surface area contributed by atoms with Crippen LogP contribution in [0.3, 0.4) is 0 Å². The normalized spacial score (nSPS) is 12.7. The first-order valence-corrected chi connectivity index (χ1v) is 26.4. The molecule has 0 amide bonds. The maximum atomic E-state index is 12.5. The van der Waals surface area contributed by atoms with Crippen LogP contribution in [0.2, 0.25) is 0 Å². The van der Waals surface area contributed by atoms with Gasteiger partial charge in [0.25, 0.3) is 0 Å². The molecule has 0 fully saturated rings. The van der Waals surface area contributed by atoms with Crippen LogP contribution in [-0.4, -0.2) is 20.0 Å². The molecule has 7 heteroatoms. The number of benzene rings is 7. The van der Waals surface area contributed by atoms with E-state index < -0.39 is 9.84 Å². The van der Waals surface area contributed by atoms with Gasteiger partial charge in [-0.15, -0.1) is 0 Å². The third-order valence-electron chi connectivity index (χ3n) is 11.4. The van der Waals surface area contributed by atoms with Crippen LogP contribution in [0, 0.1) is 18.8 Å². The van der Waals surface area contributed by atoms with E-state index in [2.05, 4.69) is 183 Å². The topological polar surface area (TPSA) is 46.5 Å². The summed E-state index contributed by atoms with van der Waals surface area (Å²) >= 11 is 7.07. The number of fused-ring (bicyclic) bond motifs is 4. The first-order valence-electron chi connectivity index (χ1n) is 22.3. The van der Waals surface area contributed by atoms with Gasteiger partial charge in [0.05, 0.1) is 4.90 Å². The lowest BCUT2D eigenvalue weighted by molar-refractivity contribution is 0.596. The molecule has 0 N–H and O–H groups in total. The number of hydrogen-bond donors (Lipinski definition) is 0. The van der Waals surface area contributed by atoms with Crippen molar-refractivity contribution in [1.82, 2.24) is 0 Å². The molecular weight excluding hydrogens is 919 g/mol. The fraction of sp³-hybridized carbons (Fsp3) is 0.224. The van der Waals surface area contributed by atoms with E-state index in [9.17, 15) is 8.42 Å². The summed E-state index contributed by atoms with van der Waals surface area (Å²) in [6.07, 6.45) is 4.20. The van der Waals surface area contributed by atoms with E-state index in [4.69, 9.17) is 0 Å². The van der Waals surface area contributed by atoms with E-state index >= 15 is 0 Å². The van der Waals surface area contributed by atoms with Crippen molar-refractivity contribution in [3.8, 4) is 0 Å². The quantitative estimate of drug-likeness (QED) is 0.128. The van der Waals surface area contributed by atoms with Crippen LogP contribution in [0.1, 0.15) is 90.3 Å². The van der Waals surface area contributed by atoms with E-state index in [1.54, 1.807) is 23.9 Å². The predicted molar refractivity (Wildman–Crippen MR) is 281 cm³/mol. The molecule has 0 spiro atoms. The highest BCUT2D eigenvalue weighted by Gasteiger charge is 2.19. The standard InChI is InChI=1S/C25H24S.C23H21NO2S2.C10H13Br/c1-17(2)14-19-8-10-20(11-9-19)18(3)21-12-13-25-23(15-21)16-22-6-4-5-7-24(22)26-25;1-16-7-10-21(11-8-16)28(25,26)15-24-17(2)18-9-12-23-20(13-18)14-19-5-3-4-6-22(19)27-23;1-8(2)7-9-3-5-10(11)6-4-9/h4-13,15,17H,3,14,16H2,1-2H3;3-13H,14-15H2,1-2H3;3-6,8H,7H2,1-2H3. The number of aliphatic imine (C=N–C) groups is 1. The molecular formula is C58H58BrNO2S3. The van der Waals surface area contributed by atoms with Crippen molar-refractivity contribution in [3.05, 3.63) is 224 Å². The van der Waals surface area contributed by atoms with Crippen LogP contribution in [-0.2, 0) is 35.5 Å². The Morgan fingerprint density at radius 3 is 1.55 bits per heavy atom. The highest BCUT2D eigenvalue weighted by Crippen LogP contribution is 2.41. The summed E-state index contributed by atoms with van der Waals surface area (Å²) in [5.41, 5.74) is 14.5. The van der Waals surface area contributed by atoms with Crippen LogP contribution < -0.4 is 0 Å². The Balaban J connectivity index is 0.000000158. The zero-order valence-electron chi connectivity index (χ0n) is 38.3. The number of aryl methyl sites for hydroxylation is 1. The summed E-state index contributed by atoms with van der Waals surface area (Å²) in [5.74, 6) is 1.19. The van der Waals surface area contributed by atoms with Crippen LogP contribution >= 0.6 is 39.5 Å². The Morgan fingerprint density at radius 2 is 1.03 bits per heavy atom. The summed E-state index contributed by atoms with van der Waals surface area (Å²) in [7, 11) is -3.43. The number of sulfone groups is 1. The van der Waals surface area contributed by atoms with Crippen molar-refractivity contribution in [2.75, 3.05) is 5.88 Å². The number of hydrogen-bond acceptors (Lipinski definition) is 5. The van der Waals surface area contributed by atoms with Gasteiger partial charge in [0.15, 0.2) is 9.84 Å². The molecule has 2 aliphatic rings. The average Bonchev–Trinajstić information content (AvgIpc) is 3.30. The average molecular weight is 977 g/mol. The molecule has 332 valence electrons. The fourth-order valence-corrected chi connectivity index (χ4v) is 11.3. The van der Waals surface area contributed by atoms with Crippen molar-refractivity contribution >= 4 is 60.6 Å². The first-order chi connectivity index (χ1) is 31.2. The second-order valence-corrected chi connectivity index (χ2v) is 22.8. The lowest BCUT2D eigenvalue weighted by Crippen LogP contribution is -2.08. The molecule has 7 aromatic carbocycles. The van der Waals surface area contributed by atoms with E-state index in [0.717, 1.165) is 52.1 Å². The minimum Gasteiger partial charge on any atom is -0.273 e. The summed E-state index contributed by atoms with van der Waals surface area (Å²) in [4.78, 5) is 10.00. The smallest absolute Gasteiger partial charge is 0.198 e. The molecule has 0 aliphatic carbocycles. The van der Waals surface area contributed by atoms with Crippen molar-refractivity contribution in [1.29, 1.82) is 0 Å². The summed E-state index contributed by atoms with van der Waals surface area (Å²) in [6.45, 7) is 17.2. The largest absolute Gasteiger partial charge is 0.273 e. The Morgan fingerprint density at radius 1 is 0.585 bits per heavy atom. The Labute approximate surface area is 405 Å². The number of halogens is 1. The van der Waals surface area contributed by atoms with Gasteiger partial charge in [0.1, 0.15) is 5.88 Å². The molecule has 0 saturated carbocycles. The first kappa shape index (κ1) is 48.0. The molecule has 9 rings (SSSR count). The molecule has 0 atom stereocenters. The molecule has 0 saturated heterocycles. The minimum absolute atomic E-state index is 0.240. The second-order valence-electron chi connectivity index (χ2n) is 17.7. The van der Waals surface area contributed by atoms with Crippen LogP contribution in [0.4, 0.5) is 0 Å². The number of rotatable bonds is 10. The molecule has 2 heterocycles. The Hall–Kier alpha value is -4.92. The van der Waals surface area contributed by atoms with Crippen LogP contribution in [0.15, 0.2) is 198 Å². The van der Waals surface area contributed by atoms with E-state index in [1.807, 2.05) is 43.8 Å². The Bertz CT molecular complexity index is 2900. The van der Waals surface area contributed by atoms with Crippen LogP contribution in [0.25, 0.3) is 5.57 Å². The Kier molecular flexibility index (Phi) is 16.3. The molecule has 65 heavy (non-hydrogen) atoms. The van der Waals surface area contributed by atoms with E-state index in [-0.39, 0.29) is 5.88 Å². The summed E-state index contributed by atoms with van der Waals surface area (Å²) < 4.78 is 26.2. The molecule has 0 bridgehead atoms. The van der Waals surface area contributed by atoms with Gasteiger partial charge in [-0.05, 0) is 168 Å². The molecule has 0 aromatic heterocycles. The summed E-state index contributed by atoms with van der Waals surface area (Å²) in [6, 6.07) is 54.5. The zero-order valence-corrected chi connectivity index (χ0v) is 42.3. The van der Waals surface area contributed by atoms with Gasteiger partial charge in [-0.3, -0.25) is 4.99 Å². The molecule has 3 nitrogen and oxygen atoms in total. The third kappa shape index (κ3) is 13.1. The predicted octanol–water partition coefficient (Wildman–Crippen LogP) is 15.9. The second kappa shape index (κ2) is 22.0. The van der Waals surface area contributed by atoms with Gasteiger partial charge in [0.2, 0.25) is 0 Å². The molecule has 0 unspecified atom stereocenters. The highest BCUT2D eigenvalue weighted by molar-refractivity contribution is 9.10. The van der Waals surface area contributed by atoms with Crippen LogP contribution in [0.5, 0.6) is 0 Å². The van der Waals surface area contributed by atoms with Crippen molar-refractivity contribution in [3.63, 3.8) is 0 Å². The third-order valence-corrected chi connectivity index (χ3v) is 15.9. The van der Waals surface area contributed by atoms with Gasteiger partial charge >= 0.3 is 0 Å². The highest BCUT2D eigenvalue weighted by atomic mass is 79.9.